The number of rotatable bonds is 3. The molecule has 0 rings (SSSR count). The van der Waals surface area contributed by atoms with Crippen LogP contribution in [0.1, 0.15) is 20.8 Å². The van der Waals surface area contributed by atoms with Crippen LogP contribution in [0.4, 0.5) is 0 Å². The molecule has 3 heteroatoms. The summed E-state index contributed by atoms with van der Waals surface area (Å²) in [5.41, 5.74) is 0. The van der Waals surface area contributed by atoms with Crippen LogP contribution in [-0.4, -0.2) is 39.1 Å². The van der Waals surface area contributed by atoms with E-state index >= 15 is 0 Å². The van der Waals surface area contributed by atoms with Crippen LogP contribution in [-0.2, 0) is 0 Å². The second kappa shape index (κ2) is 22.4. The molecule has 0 amide bonds. The maximum Gasteiger partial charge on any atom is 0.0587 e. The number of nitrogens with zero attached hydrogens (tertiary/aromatic N) is 2. The second-order valence-electron chi connectivity index (χ2n) is 2.13. The van der Waals surface area contributed by atoms with Gasteiger partial charge in [-0.25, -0.2) is 0 Å². The monoisotopic (exact) mass is 173 g/mol. The summed E-state index contributed by atoms with van der Waals surface area (Å²) in [6, 6.07) is 1.75. The fourth-order valence-corrected chi connectivity index (χ4v) is 0.335. The molecule has 12 heavy (non-hydrogen) atoms. The Labute approximate surface area is 77.4 Å². The SMILES string of the molecule is CC.CC#N.CNCCN(C)C. The molecular weight excluding hydrogens is 150 g/mol. The fraction of sp³-hybridized carbons (Fsp3) is 0.889. The van der Waals surface area contributed by atoms with Crippen molar-refractivity contribution in [2.24, 2.45) is 0 Å². The summed E-state index contributed by atoms with van der Waals surface area (Å²) in [5, 5.41) is 10.4. The van der Waals surface area contributed by atoms with E-state index < -0.39 is 0 Å². The number of hydrogen-bond acceptors (Lipinski definition) is 3. The van der Waals surface area contributed by atoms with Gasteiger partial charge in [-0.05, 0) is 21.1 Å². The van der Waals surface area contributed by atoms with Gasteiger partial charge in [-0.2, -0.15) is 5.26 Å². The largest absolute Gasteiger partial charge is 0.318 e. The number of likely N-dealkylation sites (N-methyl/N-ethyl adjacent to an activating group) is 2. The van der Waals surface area contributed by atoms with Crippen molar-refractivity contribution in [3.05, 3.63) is 0 Å². The third-order valence-electron chi connectivity index (χ3n) is 0.809. The molecule has 0 aromatic rings. The van der Waals surface area contributed by atoms with E-state index in [1.807, 2.05) is 20.9 Å². The first-order valence-corrected chi connectivity index (χ1v) is 4.29. The van der Waals surface area contributed by atoms with Gasteiger partial charge in [0.15, 0.2) is 0 Å². The molecule has 0 saturated heterocycles. The summed E-state index contributed by atoms with van der Waals surface area (Å²) >= 11 is 0. The molecule has 0 radical (unpaired) electrons. The smallest absolute Gasteiger partial charge is 0.0587 e. The molecular formula is C9H23N3. The first kappa shape index (κ1) is 17.5. The van der Waals surface area contributed by atoms with Gasteiger partial charge < -0.3 is 10.2 Å². The highest BCUT2D eigenvalue weighted by molar-refractivity contribution is 4.51. The highest BCUT2D eigenvalue weighted by Gasteiger charge is 1.82. The zero-order valence-electron chi connectivity index (χ0n) is 9.31. The van der Waals surface area contributed by atoms with Crippen molar-refractivity contribution in [1.29, 1.82) is 5.26 Å². The molecule has 0 atom stereocenters. The average molecular weight is 173 g/mol. The van der Waals surface area contributed by atoms with Gasteiger partial charge in [0, 0.05) is 20.0 Å². The lowest BCUT2D eigenvalue weighted by molar-refractivity contribution is 0.407. The summed E-state index contributed by atoms with van der Waals surface area (Å²) < 4.78 is 0. The number of nitrogens with one attached hydrogen (secondary N) is 1. The van der Waals surface area contributed by atoms with Crippen LogP contribution in [0.2, 0.25) is 0 Å². The Morgan fingerprint density at radius 1 is 1.33 bits per heavy atom. The zero-order valence-corrected chi connectivity index (χ0v) is 9.31. The van der Waals surface area contributed by atoms with E-state index in [0.29, 0.717) is 0 Å². The molecule has 0 aliphatic heterocycles. The molecule has 0 saturated carbocycles. The number of hydrogen-bond donors (Lipinski definition) is 1. The predicted octanol–water partition coefficient (Wildman–Crippen LogP) is 1.32. The van der Waals surface area contributed by atoms with Crippen LogP contribution in [0.3, 0.4) is 0 Å². The van der Waals surface area contributed by atoms with E-state index in [2.05, 4.69) is 24.3 Å². The van der Waals surface area contributed by atoms with Gasteiger partial charge in [0.1, 0.15) is 0 Å². The van der Waals surface area contributed by atoms with Crippen LogP contribution < -0.4 is 5.32 Å². The van der Waals surface area contributed by atoms with Crippen LogP contribution in [0.15, 0.2) is 0 Å². The maximum atomic E-state index is 7.32. The standard InChI is InChI=1S/C5H14N2.C2H3N.C2H6/c1-6-4-5-7(2)3;1-2-3;1-2/h6H,4-5H2,1-3H3;1H3;1-2H3. The van der Waals surface area contributed by atoms with Gasteiger partial charge in [-0.15, -0.1) is 0 Å². The summed E-state index contributed by atoms with van der Waals surface area (Å²) in [4.78, 5) is 2.15. The van der Waals surface area contributed by atoms with Crippen LogP contribution >= 0.6 is 0 Å². The van der Waals surface area contributed by atoms with Crippen molar-refractivity contribution in [3.63, 3.8) is 0 Å². The van der Waals surface area contributed by atoms with Gasteiger partial charge >= 0.3 is 0 Å². The van der Waals surface area contributed by atoms with Gasteiger partial charge in [-0.1, -0.05) is 13.8 Å². The quantitative estimate of drug-likeness (QED) is 0.699. The summed E-state index contributed by atoms with van der Waals surface area (Å²) in [5.74, 6) is 0. The predicted molar refractivity (Wildman–Crippen MR) is 55.1 cm³/mol. The minimum Gasteiger partial charge on any atom is -0.318 e. The van der Waals surface area contributed by atoms with Crippen LogP contribution in [0, 0.1) is 11.3 Å². The van der Waals surface area contributed by atoms with Crippen LogP contribution in [0.25, 0.3) is 0 Å². The van der Waals surface area contributed by atoms with E-state index in [4.69, 9.17) is 5.26 Å². The molecule has 0 fully saturated rings. The number of nitriles is 1. The first-order valence-electron chi connectivity index (χ1n) is 4.29. The van der Waals surface area contributed by atoms with E-state index in [1.54, 1.807) is 6.07 Å². The Hall–Kier alpha value is -0.590. The van der Waals surface area contributed by atoms with Crippen molar-refractivity contribution < 1.29 is 0 Å². The minimum absolute atomic E-state index is 1.08. The maximum absolute atomic E-state index is 7.32. The molecule has 0 aliphatic rings. The molecule has 0 bridgehead atoms. The molecule has 1 N–H and O–H groups in total. The lowest BCUT2D eigenvalue weighted by Crippen LogP contribution is -2.23. The van der Waals surface area contributed by atoms with Crippen molar-refractivity contribution in [3.8, 4) is 6.07 Å². The van der Waals surface area contributed by atoms with E-state index in [-0.39, 0.29) is 0 Å². The normalized spacial score (nSPS) is 7.17. The fourth-order valence-electron chi connectivity index (χ4n) is 0.335. The Morgan fingerprint density at radius 3 is 1.75 bits per heavy atom. The van der Waals surface area contributed by atoms with E-state index in [1.165, 1.54) is 6.92 Å². The van der Waals surface area contributed by atoms with Gasteiger partial charge in [0.2, 0.25) is 0 Å². The summed E-state index contributed by atoms with van der Waals surface area (Å²) in [6.07, 6.45) is 0. The molecule has 0 spiro atoms. The van der Waals surface area contributed by atoms with Gasteiger partial charge in [0.25, 0.3) is 0 Å². The molecule has 0 heterocycles. The topological polar surface area (TPSA) is 39.1 Å². The second-order valence-corrected chi connectivity index (χ2v) is 2.13. The average Bonchev–Trinajstić information content (AvgIpc) is 2.06. The Bertz CT molecular complexity index is 84.3. The Kier molecular flexibility index (Phi) is 32.7. The molecule has 0 aliphatic carbocycles. The lowest BCUT2D eigenvalue weighted by atomic mass is 10.6. The van der Waals surface area contributed by atoms with Gasteiger partial charge in [-0.3, -0.25) is 0 Å². The highest BCUT2D eigenvalue weighted by Crippen LogP contribution is 1.66. The van der Waals surface area contributed by atoms with Crippen molar-refractivity contribution >= 4 is 0 Å². The van der Waals surface area contributed by atoms with Crippen molar-refractivity contribution in [2.45, 2.75) is 20.8 Å². The highest BCUT2D eigenvalue weighted by atomic mass is 15.1. The molecule has 0 aromatic carbocycles. The van der Waals surface area contributed by atoms with Crippen molar-refractivity contribution in [2.75, 3.05) is 34.2 Å². The molecule has 74 valence electrons. The third kappa shape index (κ3) is 57.2. The summed E-state index contributed by atoms with van der Waals surface area (Å²) in [6.45, 7) is 7.63. The Balaban J connectivity index is -0.000000137. The lowest BCUT2D eigenvalue weighted by Gasteiger charge is -2.06. The molecule has 3 nitrogen and oxygen atoms in total. The Morgan fingerprint density at radius 2 is 1.67 bits per heavy atom. The first-order chi connectivity index (χ1) is 5.68. The third-order valence-corrected chi connectivity index (χ3v) is 0.809. The minimum atomic E-state index is 1.08. The molecule has 0 unspecified atom stereocenters. The van der Waals surface area contributed by atoms with Gasteiger partial charge in [0.05, 0.1) is 6.07 Å². The molecule has 0 aromatic heterocycles. The zero-order chi connectivity index (χ0) is 10.4. The van der Waals surface area contributed by atoms with Crippen molar-refractivity contribution in [1.82, 2.24) is 10.2 Å². The van der Waals surface area contributed by atoms with E-state index in [9.17, 15) is 0 Å². The summed E-state index contributed by atoms with van der Waals surface area (Å²) in [7, 11) is 6.10. The van der Waals surface area contributed by atoms with Crippen LogP contribution in [0.5, 0.6) is 0 Å². The van der Waals surface area contributed by atoms with E-state index in [0.717, 1.165) is 13.1 Å².